The first-order valence-corrected chi connectivity index (χ1v) is 9.71. The lowest BCUT2D eigenvalue weighted by Gasteiger charge is -2.27. The van der Waals surface area contributed by atoms with Crippen molar-refractivity contribution in [2.75, 3.05) is 12.3 Å². The number of aliphatic carboxylic acids is 1. The first-order chi connectivity index (χ1) is 10.7. The number of carbonyl (C=O) groups is 1. The maximum Gasteiger partial charge on any atom is 0.310 e. The van der Waals surface area contributed by atoms with E-state index in [4.69, 9.17) is 11.6 Å². The smallest absolute Gasteiger partial charge is 0.310 e. The van der Waals surface area contributed by atoms with Gasteiger partial charge in [0.15, 0.2) is 9.84 Å². The van der Waals surface area contributed by atoms with Crippen LogP contribution in [0.4, 0.5) is 0 Å². The monoisotopic (exact) mass is 361 g/mol. The Morgan fingerprint density at radius 1 is 1.26 bits per heavy atom. The molecule has 2 N–H and O–H groups in total. The predicted octanol–water partition coefficient (Wildman–Crippen LogP) is 3.11. The van der Waals surface area contributed by atoms with Crippen LogP contribution >= 0.6 is 11.6 Å². The van der Waals surface area contributed by atoms with Gasteiger partial charge in [-0.05, 0) is 24.5 Å². The van der Waals surface area contributed by atoms with Gasteiger partial charge in [0.1, 0.15) is 0 Å². The summed E-state index contributed by atoms with van der Waals surface area (Å²) in [7, 11) is -3.44. The maximum atomic E-state index is 12.2. The molecule has 1 aromatic carbocycles. The molecule has 0 unspecified atom stereocenters. The van der Waals surface area contributed by atoms with Gasteiger partial charge in [0.25, 0.3) is 0 Å². The summed E-state index contributed by atoms with van der Waals surface area (Å²) in [5.41, 5.74) is -0.284. The minimum absolute atomic E-state index is 0.0350. The number of hydrogen-bond acceptors (Lipinski definition) is 4. The summed E-state index contributed by atoms with van der Waals surface area (Å²) in [5.74, 6) is -0.880. The normalized spacial score (nSPS) is 12.3. The van der Waals surface area contributed by atoms with E-state index in [2.05, 4.69) is 5.32 Å². The van der Waals surface area contributed by atoms with Crippen molar-refractivity contribution in [2.24, 2.45) is 5.41 Å². The second-order valence-electron chi connectivity index (χ2n) is 5.53. The first kappa shape index (κ1) is 19.9. The molecule has 23 heavy (non-hydrogen) atoms. The third kappa shape index (κ3) is 4.46. The third-order valence-electron chi connectivity index (χ3n) is 4.33. The molecular weight excluding hydrogens is 338 g/mol. The highest BCUT2D eigenvalue weighted by molar-refractivity contribution is 7.91. The summed E-state index contributed by atoms with van der Waals surface area (Å²) in [6.45, 7) is 5.77. The molecule has 0 aliphatic rings. The molecule has 0 radical (unpaired) electrons. The van der Waals surface area contributed by atoms with Gasteiger partial charge in [0, 0.05) is 13.1 Å². The fraction of sp³-hybridized carbons (Fsp3) is 0.562. The van der Waals surface area contributed by atoms with Crippen molar-refractivity contribution >= 4 is 27.4 Å². The summed E-state index contributed by atoms with van der Waals surface area (Å²) in [5, 5.41) is 12.7. The maximum absolute atomic E-state index is 12.2. The molecule has 0 aromatic heterocycles. The zero-order valence-corrected chi connectivity index (χ0v) is 15.3. The number of hydrogen-bond donors (Lipinski definition) is 2. The number of nitrogens with one attached hydrogen (secondary N) is 1. The molecule has 7 heteroatoms. The molecule has 1 aromatic rings. The average Bonchev–Trinajstić information content (AvgIpc) is 2.51. The summed E-state index contributed by atoms with van der Waals surface area (Å²) >= 11 is 6.07. The Labute approximate surface area is 143 Å². The van der Waals surface area contributed by atoms with E-state index in [0.717, 1.165) is 0 Å². The van der Waals surface area contributed by atoms with Crippen molar-refractivity contribution in [3.63, 3.8) is 0 Å². The zero-order chi connectivity index (χ0) is 17.7. The minimum Gasteiger partial charge on any atom is -0.481 e. The molecule has 0 aliphatic heterocycles. The molecule has 0 atom stereocenters. The zero-order valence-electron chi connectivity index (χ0n) is 13.7. The van der Waals surface area contributed by atoms with Gasteiger partial charge in [-0.15, -0.1) is 0 Å². The highest BCUT2D eigenvalue weighted by Gasteiger charge is 2.34. The molecule has 5 nitrogen and oxygen atoms in total. The van der Waals surface area contributed by atoms with Gasteiger partial charge in [-0.2, -0.15) is 0 Å². The van der Waals surface area contributed by atoms with Crippen molar-refractivity contribution in [3.05, 3.63) is 28.8 Å². The van der Waals surface area contributed by atoms with Crippen LogP contribution in [0.25, 0.3) is 0 Å². The van der Waals surface area contributed by atoms with E-state index in [-0.39, 0.29) is 28.8 Å². The fourth-order valence-electron chi connectivity index (χ4n) is 2.50. The van der Waals surface area contributed by atoms with Crippen LogP contribution in [-0.4, -0.2) is 31.8 Å². The Morgan fingerprint density at radius 2 is 1.87 bits per heavy atom. The van der Waals surface area contributed by atoms with Crippen LogP contribution in [0.5, 0.6) is 0 Å². The van der Waals surface area contributed by atoms with Crippen molar-refractivity contribution in [1.29, 1.82) is 0 Å². The molecule has 0 spiro atoms. The van der Waals surface area contributed by atoms with Crippen molar-refractivity contribution in [1.82, 2.24) is 5.32 Å². The molecule has 0 fully saturated rings. The van der Waals surface area contributed by atoms with E-state index in [1.165, 1.54) is 0 Å². The molecule has 0 saturated heterocycles. The second-order valence-corrected chi connectivity index (χ2v) is 8.15. The quantitative estimate of drug-likeness (QED) is 0.706. The summed E-state index contributed by atoms with van der Waals surface area (Å²) in [6, 6.07) is 4.94. The Kier molecular flexibility index (Phi) is 7.04. The van der Waals surface area contributed by atoms with Crippen LogP contribution in [0.2, 0.25) is 5.02 Å². The largest absolute Gasteiger partial charge is 0.481 e. The number of rotatable bonds is 9. The van der Waals surface area contributed by atoms with Gasteiger partial charge in [0.05, 0.1) is 21.1 Å². The lowest BCUT2D eigenvalue weighted by molar-refractivity contribution is -0.149. The first-order valence-electron chi connectivity index (χ1n) is 7.68. The van der Waals surface area contributed by atoms with Crippen LogP contribution in [0.3, 0.4) is 0 Å². The van der Waals surface area contributed by atoms with E-state index in [1.54, 1.807) is 25.1 Å². The molecular formula is C16H24ClNO4S. The molecule has 0 saturated carbocycles. The van der Waals surface area contributed by atoms with Crippen LogP contribution in [-0.2, 0) is 21.2 Å². The summed E-state index contributed by atoms with van der Waals surface area (Å²) in [6.07, 6.45) is 1.00. The molecule has 0 amide bonds. The standard InChI is InChI=1S/C16H24ClNO4S/c1-4-16(5-2,15(19)20)11-18-10-12-8-7-9-13(17)14(12)23(21,22)6-3/h7-9,18H,4-6,10-11H2,1-3H3,(H,19,20). The molecule has 130 valence electrons. The summed E-state index contributed by atoms with van der Waals surface area (Å²) in [4.78, 5) is 11.6. The number of benzene rings is 1. The second kappa shape index (κ2) is 8.13. The van der Waals surface area contributed by atoms with Gasteiger partial charge in [0.2, 0.25) is 0 Å². The SMILES string of the molecule is CCC(CC)(CNCc1cccc(Cl)c1S(=O)(=O)CC)C(=O)O. The minimum atomic E-state index is -3.44. The lowest BCUT2D eigenvalue weighted by atomic mass is 9.82. The van der Waals surface area contributed by atoms with Gasteiger partial charge < -0.3 is 10.4 Å². The van der Waals surface area contributed by atoms with Gasteiger partial charge in [-0.3, -0.25) is 4.79 Å². The Bertz CT molecular complexity index is 654. The van der Waals surface area contributed by atoms with Crippen LogP contribution in [0.1, 0.15) is 39.2 Å². The topological polar surface area (TPSA) is 83.5 Å². The highest BCUT2D eigenvalue weighted by Crippen LogP contribution is 2.28. The Morgan fingerprint density at radius 3 is 2.35 bits per heavy atom. The van der Waals surface area contributed by atoms with Gasteiger partial charge in [-0.1, -0.05) is 44.5 Å². The molecule has 0 heterocycles. The van der Waals surface area contributed by atoms with E-state index >= 15 is 0 Å². The Hall–Kier alpha value is -1.11. The lowest BCUT2D eigenvalue weighted by Crippen LogP contribution is -2.40. The van der Waals surface area contributed by atoms with E-state index < -0.39 is 21.2 Å². The fourth-order valence-corrected chi connectivity index (χ4v) is 4.24. The molecule has 0 aliphatic carbocycles. The van der Waals surface area contributed by atoms with Crippen LogP contribution < -0.4 is 5.32 Å². The van der Waals surface area contributed by atoms with Gasteiger partial charge in [-0.25, -0.2) is 8.42 Å². The molecule has 1 rings (SSSR count). The highest BCUT2D eigenvalue weighted by atomic mass is 35.5. The number of sulfone groups is 1. The average molecular weight is 362 g/mol. The van der Waals surface area contributed by atoms with Crippen molar-refractivity contribution in [2.45, 2.75) is 45.1 Å². The third-order valence-corrected chi connectivity index (χ3v) is 6.62. The number of carboxylic acid groups (broad SMARTS) is 1. The van der Waals surface area contributed by atoms with Gasteiger partial charge >= 0.3 is 5.97 Å². The van der Waals surface area contributed by atoms with E-state index in [0.29, 0.717) is 18.4 Å². The number of carboxylic acids is 1. The molecule has 0 bridgehead atoms. The van der Waals surface area contributed by atoms with Crippen molar-refractivity contribution in [3.8, 4) is 0 Å². The van der Waals surface area contributed by atoms with Crippen LogP contribution in [0, 0.1) is 5.41 Å². The number of halogens is 1. The summed E-state index contributed by atoms with van der Waals surface area (Å²) < 4.78 is 24.4. The van der Waals surface area contributed by atoms with Crippen LogP contribution in [0.15, 0.2) is 23.1 Å². The predicted molar refractivity (Wildman–Crippen MR) is 91.5 cm³/mol. The van der Waals surface area contributed by atoms with E-state index in [9.17, 15) is 18.3 Å². The van der Waals surface area contributed by atoms with E-state index in [1.807, 2.05) is 13.8 Å². The van der Waals surface area contributed by atoms with Crippen molar-refractivity contribution < 1.29 is 18.3 Å². The Balaban J connectivity index is 3.00.